The molecular formula is C18H21N5O3S. The van der Waals surface area contributed by atoms with Crippen molar-refractivity contribution in [3.63, 3.8) is 0 Å². The van der Waals surface area contributed by atoms with Crippen LogP contribution in [0.4, 0.5) is 4.79 Å². The number of aromatic nitrogens is 1. The monoisotopic (exact) mass is 387 g/mol. The Morgan fingerprint density at radius 2 is 1.96 bits per heavy atom. The standard InChI is InChI=1S/C18H21N5O3S/c1-11-14(27-17(20-11)12-6-3-2-4-7-12)16(25)22-21-15(24)13-8-5-9-23(10-13)18(19)26/h2-4,6-7,13H,5,8-10H2,1H3,(H2,19,26)(H,21,24)(H,22,25)/t13-/m0/s1. The summed E-state index contributed by atoms with van der Waals surface area (Å²) in [5.41, 5.74) is 11.7. The van der Waals surface area contributed by atoms with Crippen LogP contribution in [0.1, 0.15) is 28.2 Å². The number of carbonyl (C=O) groups is 3. The van der Waals surface area contributed by atoms with E-state index in [1.54, 1.807) is 6.92 Å². The second-order valence-electron chi connectivity index (χ2n) is 6.37. The van der Waals surface area contributed by atoms with E-state index in [-0.39, 0.29) is 12.5 Å². The Kier molecular flexibility index (Phi) is 5.70. The minimum absolute atomic E-state index is 0.259. The minimum Gasteiger partial charge on any atom is -0.351 e. The van der Waals surface area contributed by atoms with Crippen LogP contribution in [0.25, 0.3) is 10.6 Å². The molecule has 142 valence electrons. The van der Waals surface area contributed by atoms with E-state index in [1.165, 1.54) is 16.2 Å². The van der Waals surface area contributed by atoms with Crippen molar-refractivity contribution in [3.05, 3.63) is 40.9 Å². The summed E-state index contributed by atoms with van der Waals surface area (Å²) in [6.07, 6.45) is 1.34. The van der Waals surface area contributed by atoms with Crippen molar-refractivity contribution < 1.29 is 14.4 Å². The first-order valence-electron chi connectivity index (χ1n) is 8.63. The number of likely N-dealkylation sites (tertiary alicyclic amines) is 1. The molecule has 4 amide bonds. The van der Waals surface area contributed by atoms with Gasteiger partial charge in [0.05, 0.1) is 11.6 Å². The van der Waals surface area contributed by atoms with Crippen LogP contribution < -0.4 is 16.6 Å². The van der Waals surface area contributed by atoms with Gasteiger partial charge >= 0.3 is 6.03 Å². The first-order chi connectivity index (χ1) is 13.0. The highest BCUT2D eigenvalue weighted by Crippen LogP contribution is 2.27. The minimum atomic E-state index is -0.537. The maximum atomic E-state index is 12.4. The van der Waals surface area contributed by atoms with Gasteiger partial charge in [-0.3, -0.25) is 20.4 Å². The highest BCUT2D eigenvalue weighted by molar-refractivity contribution is 7.17. The van der Waals surface area contributed by atoms with E-state index < -0.39 is 17.9 Å². The van der Waals surface area contributed by atoms with Gasteiger partial charge in [-0.1, -0.05) is 30.3 Å². The number of hydrazine groups is 1. The van der Waals surface area contributed by atoms with Crippen LogP contribution in [0.2, 0.25) is 0 Å². The third kappa shape index (κ3) is 4.43. The number of benzene rings is 1. The summed E-state index contributed by atoms with van der Waals surface area (Å²) < 4.78 is 0. The smallest absolute Gasteiger partial charge is 0.314 e. The van der Waals surface area contributed by atoms with Crippen LogP contribution in [0, 0.1) is 12.8 Å². The number of piperidine rings is 1. The molecule has 0 radical (unpaired) electrons. The first-order valence-corrected chi connectivity index (χ1v) is 9.44. The van der Waals surface area contributed by atoms with Gasteiger partial charge in [-0.05, 0) is 19.8 Å². The topological polar surface area (TPSA) is 117 Å². The number of nitrogens with zero attached hydrogens (tertiary/aromatic N) is 2. The van der Waals surface area contributed by atoms with Gasteiger partial charge in [0.1, 0.15) is 9.88 Å². The van der Waals surface area contributed by atoms with Crippen molar-refractivity contribution in [2.24, 2.45) is 11.7 Å². The summed E-state index contributed by atoms with van der Waals surface area (Å²) in [4.78, 5) is 42.3. The number of rotatable bonds is 3. The summed E-state index contributed by atoms with van der Waals surface area (Å²) in [5.74, 6) is -1.14. The molecule has 1 saturated heterocycles. The fourth-order valence-electron chi connectivity index (χ4n) is 2.98. The molecule has 1 aromatic carbocycles. The highest BCUT2D eigenvalue weighted by atomic mass is 32.1. The molecule has 0 saturated carbocycles. The molecule has 4 N–H and O–H groups in total. The van der Waals surface area contributed by atoms with Crippen molar-refractivity contribution in [3.8, 4) is 10.6 Å². The van der Waals surface area contributed by atoms with Crippen molar-refractivity contribution in [1.29, 1.82) is 0 Å². The third-order valence-electron chi connectivity index (χ3n) is 4.43. The molecular weight excluding hydrogens is 366 g/mol. The predicted octanol–water partition coefficient (Wildman–Crippen LogP) is 1.67. The van der Waals surface area contributed by atoms with Crippen molar-refractivity contribution >= 4 is 29.2 Å². The Bertz CT molecular complexity index is 852. The van der Waals surface area contributed by atoms with E-state index in [0.29, 0.717) is 30.0 Å². The number of carbonyl (C=O) groups excluding carboxylic acids is 3. The van der Waals surface area contributed by atoms with Crippen LogP contribution in [0.5, 0.6) is 0 Å². The summed E-state index contributed by atoms with van der Waals surface area (Å²) >= 11 is 1.27. The van der Waals surface area contributed by atoms with E-state index in [1.807, 2.05) is 30.3 Å². The van der Waals surface area contributed by atoms with E-state index in [4.69, 9.17) is 5.73 Å². The Balaban J connectivity index is 1.60. The molecule has 0 aliphatic carbocycles. The number of hydrogen-bond acceptors (Lipinski definition) is 5. The highest BCUT2D eigenvalue weighted by Gasteiger charge is 2.28. The van der Waals surface area contributed by atoms with Crippen LogP contribution >= 0.6 is 11.3 Å². The van der Waals surface area contributed by atoms with Crippen molar-refractivity contribution in [2.75, 3.05) is 13.1 Å². The second-order valence-corrected chi connectivity index (χ2v) is 7.37. The Labute approximate surface area is 160 Å². The van der Waals surface area contributed by atoms with Gasteiger partial charge in [0.15, 0.2) is 0 Å². The average Bonchev–Trinajstić information content (AvgIpc) is 3.08. The van der Waals surface area contributed by atoms with E-state index >= 15 is 0 Å². The number of hydrogen-bond donors (Lipinski definition) is 3. The van der Waals surface area contributed by atoms with E-state index in [9.17, 15) is 14.4 Å². The lowest BCUT2D eigenvalue weighted by Crippen LogP contribution is -2.50. The van der Waals surface area contributed by atoms with Crippen molar-refractivity contribution in [2.45, 2.75) is 19.8 Å². The number of thiazole rings is 1. The predicted molar refractivity (Wildman–Crippen MR) is 102 cm³/mol. The molecule has 0 unspecified atom stereocenters. The largest absolute Gasteiger partial charge is 0.351 e. The molecule has 3 rings (SSSR count). The molecule has 2 heterocycles. The zero-order chi connectivity index (χ0) is 19.4. The number of urea groups is 1. The quantitative estimate of drug-likeness (QED) is 0.694. The lowest BCUT2D eigenvalue weighted by molar-refractivity contribution is -0.127. The first kappa shape index (κ1) is 18.8. The van der Waals surface area contributed by atoms with Crippen LogP contribution in [-0.2, 0) is 4.79 Å². The number of primary amides is 1. The fraction of sp³-hybridized carbons (Fsp3) is 0.333. The van der Waals surface area contributed by atoms with Gasteiger partial charge in [-0.15, -0.1) is 11.3 Å². The van der Waals surface area contributed by atoms with Gasteiger partial charge in [0.2, 0.25) is 5.91 Å². The number of nitrogens with two attached hydrogens (primary N) is 1. The van der Waals surface area contributed by atoms with Crippen LogP contribution in [-0.4, -0.2) is 40.8 Å². The van der Waals surface area contributed by atoms with Gasteiger partial charge in [-0.2, -0.15) is 0 Å². The van der Waals surface area contributed by atoms with Gasteiger partial charge in [0.25, 0.3) is 5.91 Å². The molecule has 0 spiro atoms. The number of nitrogens with one attached hydrogen (secondary N) is 2. The molecule has 9 heteroatoms. The van der Waals surface area contributed by atoms with Gasteiger partial charge < -0.3 is 10.6 Å². The molecule has 1 aliphatic rings. The summed E-state index contributed by atoms with van der Waals surface area (Å²) in [7, 11) is 0. The van der Waals surface area contributed by atoms with E-state index in [2.05, 4.69) is 15.8 Å². The molecule has 1 aromatic heterocycles. The molecule has 27 heavy (non-hydrogen) atoms. The van der Waals surface area contributed by atoms with Crippen LogP contribution in [0.3, 0.4) is 0 Å². The lowest BCUT2D eigenvalue weighted by atomic mass is 9.98. The zero-order valence-electron chi connectivity index (χ0n) is 14.9. The Morgan fingerprint density at radius 1 is 1.22 bits per heavy atom. The van der Waals surface area contributed by atoms with Gasteiger partial charge in [-0.25, -0.2) is 9.78 Å². The number of aryl methyl sites for hydroxylation is 1. The number of amides is 4. The molecule has 1 aliphatic heterocycles. The lowest BCUT2D eigenvalue weighted by Gasteiger charge is -2.30. The summed E-state index contributed by atoms with van der Waals surface area (Å²) in [6.45, 7) is 2.56. The molecule has 1 fully saturated rings. The molecule has 2 aromatic rings. The van der Waals surface area contributed by atoms with Crippen LogP contribution in [0.15, 0.2) is 30.3 Å². The van der Waals surface area contributed by atoms with E-state index in [0.717, 1.165) is 10.6 Å². The Morgan fingerprint density at radius 3 is 2.67 bits per heavy atom. The third-order valence-corrected chi connectivity index (χ3v) is 5.63. The second kappa shape index (κ2) is 8.17. The van der Waals surface area contributed by atoms with Gasteiger partial charge in [0, 0.05) is 18.7 Å². The normalized spacial score (nSPS) is 16.6. The fourth-order valence-corrected chi connectivity index (χ4v) is 3.95. The maximum absolute atomic E-state index is 12.4. The SMILES string of the molecule is Cc1nc(-c2ccccc2)sc1C(=O)NNC(=O)[C@H]1CCCN(C(N)=O)C1. The Hall–Kier alpha value is -2.94. The zero-order valence-corrected chi connectivity index (χ0v) is 15.7. The summed E-state index contributed by atoms with van der Waals surface area (Å²) in [6, 6.07) is 9.05. The molecule has 1 atom stereocenters. The van der Waals surface area contributed by atoms with Crippen molar-refractivity contribution in [1.82, 2.24) is 20.7 Å². The average molecular weight is 387 g/mol. The molecule has 8 nitrogen and oxygen atoms in total. The maximum Gasteiger partial charge on any atom is 0.314 e. The summed E-state index contributed by atoms with van der Waals surface area (Å²) in [5, 5.41) is 0.744. The molecule has 0 bridgehead atoms.